The molecule has 1 heterocycles. The number of hydrogen-bond acceptors (Lipinski definition) is 5. The Morgan fingerprint density at radius 1 is 0.957 bits per heavy atom. The lowest BCUT2D eigenvalue weighted by Gasteiger charge is -2.21. The van der Waals surface area contributed by atoms with Crippen LogP contribution < -0.4 is 15.7 Å². The summed E-state index contributed by atoms with van der Waals surface area (Å²) in [6.07, 6.45) is -2.87. The Hall–Kier alpha value is -4.23. The molecule has 9 nitrogen and oxygen atoms in total. The number of carbonyl (C=O) groups excluding carboxylic acids is 1. The second kappa shape index (κ2) is 13.6. The van der Waals surface area contributed by atoms with Crippen LogP contribution in [0.25, 0.3) is 16.8 Å². The molecule has 1 amide bonds. The molecule has 0 unspecified atom stereocenters. The maximum absolute atomic E-state index is 14.1. The zero-order valence-electron chi connectivity index (χ0n) is 26.4. The minimum absolute atomic E-state index is 0.0251. The second-order valence-electron chi connectivity index (χ2n) is 12.0. The first kappa shape index (κ1) is 34.6. The van der Waals surface area contributed by atoms with Crippen LogP contribution in [0.15, 0.2) is 76.4 Å². The van der Waals surface area contributed by atoms with Crippen LogP contribution in [0.4, 0.5) is 18.9 Å². The number of aryl methyl sites for hydroxylation is 1. The van der Waals surface area contributed by atoms with E-state index in [-0.39, 0.29) is 29.5 Å². The first-order valence-electron chi connectivity index (χ1n) is 15.0. The van der Waals surface area contributed by atoms with Crippen molar-refractivity contribution in [2.75, 3.05) is 5.32 Å². The molecule has 0 atom stereocenters. The molecule has 1 aromatic heterocycles. The standard InChI is InChI=1S/C33H38F3N5O4S/c1-6-8-13-29-38-41(27-20-24(37-30(42)7-2)18-19-26(27)33(34,35)36)31(43)40(29)21-22-14-16-23(17-15-22)25-11-9-10-12-28(25)46(44,45)39-32(3,4)5/h9-12,14-20,39H,6-8,13,21H2,1-5H3,(H,37,42). The smallest absolute Gasteiger partial charge is 0.326 e. The molecule has 0 aliphatic rings. The van der Waals surface area contributed by atoms with E-state index in [9.17, 15) is 31.2 Å². The summed E-state index contributed by atoms with van der Waals surface area (Å²) in [5.74, 6) is -0.0712. The van der Waals surface area contributed by atoms with Crippen molar-refractivity contribution in [2.45, 2.75) is 83.5 Å². The van der Waals surface area contributed by atoms with Gasteiger partial charge in [-0.2, -0.15) is 17.9 Å². The van der Waals surface area contributed by atoms with Gasteiger partial charge >= 0.3 is 11.9 Å². The second-order valence-corrected chi connectivity index (χ2v) is 13.6. The van der Waals surface area contributed by atoms with Gasteiger partial charge in [0, 0.05) is 29.6 Å². The van der Waals surface area contributed by atoms with Crippen LogP contribution >= 0.6 is 0 Å². The van der Waals surface area contributed by atoms with Crippen molar-refractivity contribution < 1.29 is 26.4 Å². The van der Waals surface area contributed by atoms with E-state index >= 15 is 0 Å². The van der Waals surface area contributed by atoms with Gasteiger partial charge in [0.25, 0.3) is 0 Å². The Morgan fingerprint density at radius 3 is 2.24 bits per heavy atom. The van der Waals surface area contributed by atoms with Crippen LogP contribution in [0.2, 0.25) is 0 Å². The zero-order valence-corrected chi connectivity index (χ0v) is 27.2. The van der Waals surface area contributed by atoms with Gasteiger partial charge in [-0.05, 0) is 62.6 Å². The molecule has 3 aromatic carbocycles. The highest BCUT2D eigenvalue weighted by Crippen LogP contribution is 2.35. The number of alkyl halides is 3. The zero-order chi connectivity index (χ0) is 33.9. The molecule has 4 rings (SSSR count). The molecule has 0 aliphatic carbocycles. The van der Waals surface area contributed by atoms with Gasteiger partial charge in [0.15, 0.2) is 0 Å². The minimum Gasteiger partial charge on any atom is -0.326 e. The fourth-order valence-corrected chi connectivity index (χ4v) is 6.57. The molecule has 0 spiro atoms. The van der Waals surface area contributed by atoms with E-state index in [1.165, 1.54) is 10.6 Å². The lowest BCUT2D eigenvalue weighted by Crippen LogP contribution is -2.40. The average molecular weight is 658 g/mol. The van der Waals surface area contributed by atoms with Crippen molar-refractivity contribution in [3.63, 3.8) is 0 Å². The fraction of sp³-hybridized carbons (Fsp3) is 0.364. The molecule has 0 aliphatic heterocycles. The van der Waals surface area contributed by atoms with Crippen molar-refractivity contribution >= 4 is 21.6 Å². The molecule has 246 valence electrons. The molecule has 0 fully saturated rings. The number of anilines is 1. The van der Waals surface area contributed by atoms with E-state index in [0.29, 0.717) is 35.4 Å². The van der Waals surface area contributed by atoms with Crippen LogP contribution in [0.1, 0.15) is 70.8 Å². The van der Waals surface area contributed by atoms with Crippen LogP contribution in [0.3, 0.4) is 0 Å². The maximum atomic E-state index is 14.1. The Bertz CT molecular complexity index is 1870. The molecule has 0 radical (unpaired) electrons. The predicted octanol–water partition coefficient (Wildman–Crippen LogP) is 6.54. The number of rotatable bonds is 11. The first-order chi connectivity index (χ1) is 21.5. The number of benzene rings is 3. The van der Waals surface area contributed by atoms with E-state index in [1.807, 2.05) is 6.92 Å². The van der Waals surface area contributed by atoms with E-state index < -0.39 is 38.7 Å². The van der Waals surface area contributed by atoms with Crippen LogP contribution in [0, 0.1) is 0 Å². The normalized spacial score (nSPS) is 12.3. The maximum Gasteiger partial charge on any atom is 0.418 e. The average Bonchev–Trinajstić information content (AvgIpc) is 3.28. The Labute approximate surface area is 266 Å². The first-order valence-corrected chi connectivity index (χ1v) is 16.4. The van der Waals surface area contributed by atoms with Gasteiger partial charge in [-0.25, -0.2) is 17.9 Å². The van der Waals surface area contributed by atoms with E-state index in [1.54, 1.807) is 70.2 Å². The van der Waals surface area contributed by atoms with E-state index in [0.717, 1.165) is 29.3 Å². The van der Waals surface area contributed by atoms with Crippen molar-refractivity contribution in [3.05, 3.63) is 94.2 Å². The highest BCUT2D eigenvalue weighted by Gasteiger charge is 2.35. The highest BCUT2D eigenvalue weighted by molar-refractivity contribution is 7.89. The molecule has 46 heavy (non-hydrogen) atoms. The fourth-order valence-electron chi connectivity index (χ4n) is 4.92. The molecule has 0 saturated carbocycles. The minimum atomic E-state index is -4.78. The molecular formula is C33H38F3N5O4S. The van der Waals surface area contributed by atoms with Gasteiger partial charge in [0.2, 0.25) is 15.9 Å². The Balaban J connectivity index is 1.75. The molecule has 2 N–H and O–H groups in total. The van der Waals surface area contributed by atoms with Gasteiger partial charge in [0.05, 0.1) is 22.7 Å². The third kappa shape index (κ3) is 8.13. The third-order valence-electron chi connectivity index (χ3n) is 7.05. The summed E-state index contributed by atoms with van der Waals surface area (Å²) in [5.41, 5.74) is -1.09. The number of unbranched alkanes of at least 4 members (excludes halogenated alkanes) is 1. The number of aromatic nitrogens is 3. The van der Waals surface area contributed by atoms with Gasteiger partial charge in [-0.15, -0.1) is 5.10 Å². The number of halogens is 3. The quantitative estimate of drug-likeness (QED) is 0.190. The Kier molecular flexibility index (Phi) is 10.3. The van der Waals surface area contributed by atoms with E-state index in [4.69, 9.17) is 0 Å². The van der Waals surface area contributed by atoms with Gasteiger partial charge in [-0.3, -0.25) is 9.36 Å². The van der Waals surface area contributed by atoms with Crippen LogP contribution in [-0.2, 0) is 34.0 Å². The monoisotopic (exact) mass is 657 g/mol. The van der Waals surface area contributed by atoms with Crippen molar-refractivity contribution in [3.8, 4) is 16.8 Å². The van der Waals surface area contributed by atoms with Gasteiger partial charge < -0.3 is 5.32 Å². The number of amides is 1. The lowest BCUT2D eigenvalue weighted by molar-refractivity contribution is -0.137. The molecule has 0 bridgehead atoms. The number of carbonyl (C=O) groups is 1. The van der Waals surface area contributed by atoms with Crippen molar-refractivity contribution in [1.29, 1.82) is 0 Å². The van der Waals surface area contributed by atoms with E-state index in [2.05, 4.69) is 15.1 Å². The number of nitrogens with zero attached hydrogens (tertiary/aromatic N) is 3. The summed E-state index contributed by atoms with van der Waals surface area (Å²) in [6, 6.07) is 16.7. The summed E-state index contributed by atoms with van der Waals surface area (Å²) in [5, 5.41) is 6.88. The summed E-state index contributed by atoms with van der Waals surface area (Å²) in [4.78, 5) is 25.8. The summed E-state index contributed by atoms with van der Waals surface area (Å²) in [7, 11) is -3.83. The van der Waals surface area contributed by atoms with Crippen LogP contribution in [-0.4, -0.2) is 34.2 Å². The van der Waals surface area contributed by atoms with Crippen molar-refractivity contribution in [1.82, 2.24) is 19.1 Å². The summed E-state index contributed by atoms with van der Waals surface area (Å²) >= 11 is 0. The number of hydrogen-bond donors (Lipinski definition) is 2. The lowest BCUT2D eigenvalue weighted by atomic mass is 10.0. The summed E-state index contributed by atoms with van der Waals surface area (Å²) in [6.45, 7) is 8.86. The van der Waals surface area contributed by atoms with Crippen LogP contribution in [0.5, 0.6) is 0 Å². The van der Waals surface area contributed by atoms with Gasteiger partial charge in [-0.1, -0.05) is 62.7 Å². The highest BCUT2D eigenvalue weighted by atomic mass is 32.2. The molecular weight excluding hydrogens is 619 g/mol. The predicted molar refractivity (Wildman–Crippen MR) is 171 cm³/mol. The summed E-state index contributed by atoms with van der Waals surface area (Å²) < 4.78 is 73.3. The topological polar surface area (TPSA) is 115 Å². The largest absolute Gasteiger partial charge is 0.418 e. The number of sulfonamides is 1. The molecule has 0 saturated heterocycles. The van der Waals surface area contributed by atoms with Gasteiger partial charge in [0.1, 0.15) is 5.82 Å². The number of nitrogens with one attached hydrogen (secondary N) is 2. The molecule has 4 aromatic rings. The SMILES string of the molecule is CCCCc1nn(-c2cc(NC(=O)CC)ccc2C(F)(F)F)c(=O)n1Cc1ccc(-c2ccccc2S(=O)(=O)NC(C)(C)C)cc1. The Morgan fingerprint density at radius 2 is 1.63 bits per heavy atom. The third-order valence-corrected chi connectivity index (χ3v) is 8.87. The van der Waals surface area contributed by atoms with Crippen molar-refractivity contribution in [2.24, 2.45) is 0 Å². The molecule has 13 heteroatoms.